The van der Waals surface area contributed by atoms with E-state index in [-0.39, 0.29) is 18.0 Å². The smallest absolute Gasteiger partial charge is 0.422 e. The lowest BCUT2D eigenvalue weighted by Crippen LogP contribution is -2.21. The molecule has 0 aliphatic rings. The van der Waals surface area contributed by atoms with Crippen LogP contribution in [0.2, 0.25) is 0 Å². The Labute approximate surface area is 178 Å². The highest BCUT2D eigenvalue weighted by atomic mass is 19.4. The third-order valence-corrected chi connectivity index (χ3v) is 4.21. The number of carbonyl (C=O) groups is 1. The minimum atomic E-state index is -4.77. The molecule has 1 heterocycles. The standard InChI is InChI=1S/C21H16F6N2O3/c1-12-15(29-19(32-12)13-5-3-2-4-6-13)10-18(30)28-16-9-14(21(25,26)27)7-8-17(16)31-11-20(22,23)24/h2-9H,10-11H2,1H3,(H,28,30). The molecule has 3 aromatic rings. The zero-order valence-electron chi connectivity index (χ0n) is 16.5. The Morgan fingerprint density at radius 3 is 2.38 bits per heavy atom. The second-order valence-electron chi connectivity index (χ2n) is 6.73. The SMILES string of the molecule is Cc1oc(-c2ccccc2)nc1CC(=O)Nc1cc(C(F)(F)F)ccc1OCC(F)(F)F. The largest absolute Gasteiger partial charge is 0.482 e. The molecular weight excluding hydrogens is 442 g/mol. The van der Waals surface area contributed by atoms with E-state index >= 15 is 0 Å². The minimum absolute atomic E-state index is 0.228. The molecule has 2 aromatic carbocycles. The first-order valence-corrected chi connectivity index (χ1v) is 9.15. The van der Waals surface area contributed by atoms with Crippen molar-refractivity contribution >= 4 is 11.6 Å². The minimum Gasteiger partial charge on any atom is -0.482 e. The Bertz CT molecular complexity index is 1090. The average Bonchev–Trinajstić information content (AvgIpc) is 3.06. The molecule has 0 radical (unpaired) electrons. The predicted octanol–water partition coefficient (Wildman–Crippen LogP) is 5.79. The number of nitrogens with one attached hydrogen (secondary N) is 1. The molecule has 3 rings (SSSR count). The number of hydrogen-bond donors (Lipinski definition) is 1. The molecule has 1 amide bonds. The van der Waals surface area contributed by atoms with E-state index < -0.39 is 41.9 Å². The summed E-state index contributed by atoms with van der Waals surface area (Å²) in [6.45, 7) is -0.172. The first-order chi connectivity index (χ1) is 14.9. The fourth-order valence-corrected chi connectivity index (χ4v) is 2.73. The number of amides is 1. The van der Waals surface area contributed by atoms with Crippen LogP contribution >= 0.6 is 0 Å². The fraction of sp³-hybridized carbons (Fsp3) is 0.238. The molecule has 1 N–H and O–H groups in total. The number of nitrogens with zero attached hydrogens (tertiary/aromatic N) is 1. The van der Waals surface area contributed by atoms with Crippen molar-refractivity contribution in [1.82, 2.24) is 4.98 Å². The molecule has 11 heteroatoms. The van der Waals surface area contributed by atoms with Gasteiger partial charge in [0.05, 0.1) is 23.4 Å². The molecule has 170 valence electrons. The number of hydrogen-bond acceptors (Lipinski definition) is 4. The second kappa shape index (κ2) is 8.93. The van der Waals surface area contributed by atoms with Crippen LogP contribution in [0.25, 0.3) is 11.5 Å². The molecule has 5 nitrogen and oxygen atoms in total. The molecule has 0 fully saturated rings. The molecular formula is C21H16F6N2O3. The lowest BCUT2D eigenvalue weighted by Gasteiger charge is -2.16. The Morgan fingerprint density at radius 1 is 1.06 bits per heavy atom. The van der Waals surface area contributed by atoms with E-state index in [1.807, 2.05) is 0 Å². The third kappa shape index (κ3) is 6.02. The number of ether oxygens (including phenoxy) is 1. The van der Waals surface area contributed by atoms with Crippen LogP contribution in [0, 0.1) is 6.92 Å². The van der Waals surface area contributed by atoms with Crippen molar-refractivity contribution in [2.45, 2.75) is 25.7 Å². The normalized spacial score (nSPS) is 12.0. The number of benzene rings is 2. The van der Waals surface area contributed by atoms with Crippen LogP contribution in [0.1, 0.15) is 17.0 Å². The predicted molar refractivity (Wildman–Crippen MR) is 102 cm³/mol. The van der Waals surface area contributed by atoms with Crippen molar-refractivity contribution in [3.8, 4) is 17.2 Å². The summed E-state index contributed by atoms with van der Waals surface area (Å²) in [6, 6.07) is 10.6. The molecule has 32 heavy (non-hydrogen) atoms. The Balaban J connectivity index is 1.81. The van der Waals surface area contributed by atoms with Crippen LogP contribution < -0.4 is 10.1 Å². The lowest BCUT2D eigenvalue weighted by atomic mass is 10.1. The Kier molecular flexibility index (Phi) is 6.47. The highest BCUT2D eigenvalue weighted by Crippen LogP contribution is 2.36. The van der Waals surface area contributed by atoms with Gasteiger partial charge in [0.25, 0.3) is 0 Å². The summed E-state index contributed by atoms with van der Waals surface area (Å²) in [7, 11) is 0. The molecule has 0 aliphatic heterocycles. The quantitative estimate of drug-likeness (QED) is 0.475. The number of rotatable bonds is 6. The summed E-state index contributed by atoms with van der Waals surface area (Å²) in [6.07, 6.45) is -9.86. The van der Waals surface area contributed by atoms with Crippen molar-refractivity contribution < 1.29 is 40.3 Å². The van der Waals surface area contributed by atoms with Crippen LogP contribution in [0.3, 0.4) is 0 Å². The van der Waals surface area contributed by atoms with E-state index in [1.54, 1.807) is 37.3 Å². The first-order valence-electron chi connectivity index (χ1n) is 9.15. The number of alkyl halides is 6. The summed E-state index contributed by atoms with van der Waals surface area (Å²) >= 11 is 0. The fourth-order valence-electron chi connectivity index (χ4n) is 2.73. The van der Waals surface area contributed by atoms with Gasteiger partial charge in [-0.1, -0.05) is 18.2 Å². The average molecular weight is 458 g/mol. The van der Waals surface area contributed by atoms with Crippen LogP contribution in [-0.4, -0.2) is 23.7 Å². The van der Waals surface area contributed by atoms with Crippen molar-refractivity contribution in [3.63, 3.8) is 0 Å². The van der Waals surface area contributed by atoms with Crippen LogP contribution in [-0.2, 0) is 17.4 Å². The number of aryl methyl sites for hydroxylation is 1. The maximum atomic E-state index is 13.0. The number of oxazole rings is 1. The van der Waals surface area contributed by atoms with Gasteiger partial charge in [-0.2, -0.15) is 26.3 Å². The summed E-state index contributed by atoms with van der Waals surface area (Å²) in [5.74, 6) is -0.793. The van der Waals surface area contributed by atoms with E-state index in [4.69, 9.17) is 4.42 Å². The molecule has 0 aliphatic carbocycles. The molecule has 1 aromatic heterocycles. The monoisotopic (exact) mass is 458 g/mol. The van der Waals surface area contributed by atoms with Gasteiger partial charge in [-0.15, -0.1) is 0 Å². The highest BCUT2D eigenvalue weighted by Gasteiger charge is 2.33. The Morgan fingerprint density at radius 2 is 1.75 bits per heavy atom. The number of anilines is 1. The number of aromatic nitrogens is 1. The van der Waals surface area contributed by atoms with E-state index in [0.29, 0.717) is 23.5 Å². The molecule has 0 atom stereocenters. The van der Waals surface area contributed by atoms with Gasteiger partial charge in [0.1, 0.15) is 11.5 Å². The van der Waals surface area contributed by atoms with Gasteiger partial charge >= 0.3 is 12.4 Å². The summed E-state index contributed by atoms with van der Waals surface area (Å²) in [5, 5.41) is 2.17. The number of halogens is 6. The van der Waals surface area contributed by atoms with Gasteiger partial charge in [0.15, 0.2) is 6.61 Å². The maximum absolute atomic E-state index is 13.0. The van der Waals surface area contributed by atoms with E-state index in [1.165, 1.54) is 0 Å². The third-order valence-electron chi connectivity index (χ3n) is 4.21. The zero-order valence-corrected chi connectivity index (χ0v) is 16.5. The van der Waals surface area contributed by atoms with Crippen molar-refractivity contribution in [2.24, 2.45) is 0 Å². The molecule has 0 bridgehead atoms. The lowest BCUT2D eigenvalue weighted by molar-refractivity contribution is -0.153. The second-order valence-corrected chi connectivity index (χ2v) is 6.73. The van der Waals surface area contributed by atoms with E-state index in [9.17, 15) is 31.1 Å². The Hall–Kier alpha value is -3.50. The topological polar surface area (TPSA) is 64.4 Å². The first kappa shape index (κ1) is 23.2. The summed E-state index contributed by atoms with van der Waals surface area (Å²) in [4.78, 5) is 16.7. The highest BCUT2D eigenvalue weighted by molar-refractivity contribution is 5.93. The van der Waals surface area contributed by atoms with Crippen molar-refractivity contribution in [1.29, 1.82) is 0 Å². The zero-order chi connectivity index (χ0) is 23.5. The summed E-state index contributed by atoms with van der Waals surface area (Å²) < 4.78 is 86.6. The van der Waals surface area contributed by atoms with Gasteiger partial charge in [0.2, 0.25) is 11.8 Å². The van der Waals surface area contributed by atoms with Crippen molar-refractivity contribution in [2.75, 3.05) is 11.9 Å². The molecule has 0 saturated heterocycles. The molecule has 0 saturated carbocycles. The van der Waals surface area contributed by atoms with Gasteiger partial charge in [0, 0.05) is 5.56 Å². The van der Waals surface area contributed by atoms with Crippen LogP contribution in [0.5, 0.6) is 5.75 Å². The van der Waals surface area contributed by atoms with Crippen LogP contribution in [0.15, 0.2) is 52.9 Å². The van der Waals surface area contributed by atoms with Gasteiger partial charge < -0.3 is 14.5 Å². The van der Waals surface area contributed by atoms with Gasteiger partial charge in [-0.05, 0) is 37.3 Å². The number of carbonyl (C=O) groups excluding carboxylic acids is 1. The molecule has 0 spiro atoms. The van der Waals surface area contributed by atoms with E-state index in [2.05, 4.69) is 15.0 Å². The van der Waals surface area contributed by atoms with Gasteiger partial charge in [-0.25, -0.2) is 4.98 Å². The van der Waals surface area contributed by atoms with E-state index in [0.717, 1.165) is 6.07 Å². The van der Waals surface area contributed by atoms with Crippen molar-refractivity contribution in [3.05, 3.63) is 65.5 Å². The van der Waals surface area contributed by atoms with Gasteiger partial charge in [-0.3, -0.25) is 4.79 Å². The molecule has 0 unspecified atom stereocenters. The maximum Gasteiger partial charge on any atom is 0.422 e. The van der Waals surface area contributed by atoms with Crippen LogP contribution in [0.4, 0.5) is 32.0 Å². The summed E-state index contributed by atoms with van der Waals surface area (Å²) in [5.41, 5.74) is -0.816.